The van der Waals surface area contributed by atoms with Crippen LogP contribution in [0.2, 0.25) is 0 Å². The Labute approximate surface area is 150 Å². The summed E-state index contributed by atoms with van der Waals surface area (Å²) in [5, 5.41) is 0. The molecule has 1 aliphatic rings. The van der Waals surface area contributed by atoms with E-state index < -0.39 is 5.82 Å². The normalized spacial score (nSPS) is 14.1. The fourth-order valence-electron chi connectivity index (χ4n) is 3.13. The molecule has 0 spiro atoms. The van der Waals surface area contributed by atoms with E-state index in [0.29, 0.717) is 17.2 Å². The van der Waals surface area contributed by atoms with Crippen molar-refractivity contribution in [1.29, 1.82) is 0 Å². The summed E-state index contributed by atoms with van der Waals surface area (Å²) in [5.41, 5.74) is 2.52. The molecule has 0 aliphatic heterocycles. The Hall–Kier alpha value is -2.82. The lowest BCUT2D eigenvalue weighted by atomic mass is 9.79. The van der Waals surface area contributed by atoms with Crippen LogP contribution >= 0.6 is 0 Å². The lowest BCUT2D eigenvalue weighted by Crippen LogP contribution is -2.12. The summed E-state index contributed by atoms with van der Waals surface area (Å²) < 4.78 is 34.2. The maximum atomic E-state index is 15.3. The molecule has 4 rings (SSSR count). The van der Waals surface area contributed by atoms with E-state index >= 15 is 4.39 Å². The van der Waals surface area contributed by atoms with Crippen molar-refractivity contribution in [3.05, 3.63) is 77.8 Å². The Morgan fingerprint density at radius 1 is 1.00 bits per heavy atom. The molecular weight excluding hydrogens is 334 g/mol. The largest absolute Gasteiger partial charge is 0.486 e. The van der Waals surface area contributed by atoms with Gasteiger partial charge in [0, 0.05) is 23.5 Å². The number of benzene rings is 2. The highest BCUT2D eigenvalue weighted by Crippen LogP contribution is 2.43. The number of halogens is 2. The molecule has 1 heterocycles. The molecule has 0 unspecified atom stereocenters. The summed E-state index contributed by atoms with van der Waals surface area (Å²) in [6.45, 7) is 0.181. The highest BCUT2D eigenvalue weighted by Gasteiger charge is 2.26. The van der Waals surface area contributed by atoms with E-state index in [1.54, 1.807) is 24.4 Å². The Morgan fingerprint density at radius 3 is 2.46 bits per heavy atom. The van der Waals surface area contributed by atoms with Crippen LogP contribution in [-0.2, 0) is 6.61 Å². The lowest BCUT2D eigenvalue weighted by Gasteiger charge is -2.28. The molecule has 3 nitrogen and oxygen atoms in total. The zero-order chi connectivity index (χ0) is 17.9. The minimum absolute atomic E-state index is 0.181. The molecule has 1 fully saturated rings. The van der Waals surface area contributed by atoms with Gasteiger partial charge in [-0.05, 0) is 42.5 Å². The third kappa shape index (κ3) is 3.29. The first-order chi connectivity index (χ1) is 12.7. The average Bonchev–Trinajstić information content (AvgIpc) is 2.62. The standard InChI is InChI=1S/C21H18F2N2O/c22-16-6-4-14(5-7-16)13-26-21-17(15-2-1-3-15)8-9-18(20(21)23)19-12-24-10-11-25-19/h4-12,15H,1-3,13H2. The van der Waals surface area contributed by atoms with Crippen molar-refractivity contribution in [2.45, 2.75) is 31.8 Å². The van der Waals surface area contributed by atoms with Crippen LogP contribution in [0.25, 0.3) is 11.3 Å². The second kappa shape index (κ2) is 7.20. The van der Waals surface area contributed by atoms with Gasteiger partial charge < -0.3 is 4.74 Å². The summed E-state index contributed by atoms with van der Waals surface area (Å²) in [4.78, 5) is 8.20. The molecule has 0 radical (unpaired) electrons. The minimum atomic E-state index is -0.419. The zero-order valence-electron chi connectivity index (χ0n) is 14.2. The number of nitrogens with zero attached hydrogens (tertiary/aromatic N) is 2. The Kier molecular flexibility index (Phi) is 4.61. The monoisotopic (exact) mass is 352 g/mol. The van der Waals surface area contributed by atoms with E-state index in [4.69, 9.17) is 4.74 Å². The Morgan fingerprint density at radius 2 is 1.81 bits per heavy atom. The number of hydrogen-bond donors (Lipinski definition) is 0. The molecule has 132 valence electrons. The Balaban J connectivity index is 1.68. The highest BCUT2D eigenvalue weighted by molar-refractivity contribution is 5.63. The zero-order valence-corrected chi connectivity index (χ0v) is 14.2. The first kappa shape index (κ1) is 16.6. The molecule has 26 heavy (non-hydrogen) atoms. The van der Waals surface area contributed by atoms with E-state index in [1.165, 1.54) is 24.5 Å². The van der Waals surface area contributed by atoms with Gasteiger partial charge in [0.15, 0.2) is 11.6 Å². The van der Waals surface area contributed by atoms with Crippen LogP contribution < -0.4 is 4.74 Å². The van der Waals surface area contributed by atoms with Crippen LogP contribution in [-0.4, -0.2) is 9.97 Å². The SMILES string of the molecule is Fc1ccc(COc2c(C3CCC3)ccc(-c3cnccn3)c2F)cc1. The topological polar surface area (TPSA) is 35.0 Å². The van der Waals surface area contributed by atoms with Crippen LogP contribution in [0.3, 0.4) is 0 Å². The van der Waals surface area contributed by atoms with Crippen molar-refractivity contribution >= 4 is 0 Å². The van der Waals surface area contributed by atoms with Crippen LogP contribution in [0, 0.1) is 11.6 Å². The van der Waals surface area contributed by atoms with E-state index in [0.717, 1.165) is 30.4 Å². The fraction of sp³-hybridized carbons (Fsp3) is 0.238. The Bertz CT molecular complexity index is 894. The quantitative estimate of drug-likeness (QED) is 0.627. The first-order valence-electron chi connectivity index (χ1n) is 8.68. The van der Waals surface area contributed by atoms with Gasteiger partial charge in [0.25, 0.3) is 0 Å². The van der Waals surface area contributed by atoms with Crippen molar-refractivity contribution in [2.24, 2.45) is 0 Å². The van der Waals surface area contributed by atoms with Gasteiger partial charge in [0.05, 0.1) is 11.9 Å². The van der Waals surface area contributed by atoms with Gasteiger partial charge in [-0.15, -0.1) is 0 Å². The van der Waals surface area contributed by atoms with Gasteiger partial charge >= 0.3 is 0 Å². The summed E-state index contributed by atoms with van der Waals surface area (Å²) >= 11 is 0. The van der Waals surface area contributed by atoms with Crippen LogP contribution in [0.1, 0.15) is 36.3 Å². The van der Waals surface area contributed by atoms with Crippen LogP contribution in [0.5, 0.6) is 5.75 Å². The summed E-state index contributed by atoms with van der Waals surface area (Å²) in [5.74, 6) is -0.137. The van der Waals surface area contributed by atoms with E-state index in [2.05, 4.69) is 9.97 Å². The molecule has 1 aromatic heterocycles. The lowest BCUT2D eigenvalue weighted by molar-refractivity contribution is 0.278. The predicted molar refractivity (Wildman–Crippen MR) is 94.8 cm³/mol. The van der Waals surface area contributed by atoms with E-state index in [-0.39, 0.29) is 18.2 Å². The number of rotatable bonds is 5. The smallest absolute Gasteiger partial charge is 0.174 e. The molecule has 1 aliphatic carbocycles. The molecule has 0 amide bonds. The number of hydrogen-bond acceptors (Lipinski definition) is 3. The molecule has 5 heteroatoms. The second-order valence-electron chi connectivity index (χ2n) is 6.48. The van der Waals surface area contributed by atoms with Crippen molar-refractivity contribution in [1.82, 2.24) is 9.97 Å². The van der Waals surface area contributed by atoms with Gasteiger partial charge in [-0.25, -0.2) is 8.78 Å². The maximum absolute atomic E-state index is 15.3. The van der Waals surface area contributed by atoms with Gasteiger partial charge in [0.1, 0.15) is 12.4 Å². The minimum Gasteiger partial charge on any atom is -0.486 e. The molecule has 1 saturated carbocycles. The van der Waals surface area contributed by atoms with Gasteiger partial charge in [-0.1, -0.05) is 24.6 Å². The average molecular weight is 352 g/mol. The van der Waals surface area contributed by atoms with Crippen molar-refractivity contribution < 1.29 is 13.5 Å². The van der Waals surface area contributed by atoms with Crippen molar-refractivity contribution in [3.8, 4) is 17.0 Å². The van der Waals surface area contributed by atoms with Gasteiger partial charge in [-0.3, -0.25) is 9.97 Å². The molecular formula is C21H18F2N2O. The van der Waals surface area contributed by atoms with Crippen LogP contribution in [0.15, 0.2) is 55.0 Å². The van der Waals surface area contributed by atoms with Crippen molar-refractivity contribution in [2.75, 3.05) is 0 Å². The van der Waals surface area contributed by atoms with E-state index in [9.17, 15) is 4.39 Å². The molecule has 0 saturated heterocycles. The predicted octanol–water partition coefficient (Wildman–Crippen LogP) is 5.27. The third-order valence-corrected chi connectivity index (χ3v) is 4.81. The second-order valence-corrected chi connectivity index (χ2v) is 6.48. The molecule has 0 N–H and O–H groups in total. The molecule has 3 aromatic rings. The first-order valence-corrected chi connectivity index (χ1v) is 8.68. The maximum Gasteiger partial charge on any atom is 0.174 e. The molecule has 2 aromatic carbocycles. The van der Waals surface area contributed by atoms with Gasteiger partial charge in [0.2, 0.25) is 0 Å². The van der Waals surface area contributed by atoms with E-state index in [1.807, 2.05) is 6.07 Å². The summed E-state index contributed by atoms with van der Waals surface area (Å²) in [6.07, 6.45) is 7.85. The molecule has 0 bridgehead atoms. The fourth-order valence-corrected chi connectivity index (χ4v) is 3.13. The summed E-state index contributed by atoms with van der Waals surface area (Å²) in [6, 6.07) is 9.70. The molecule has 0 atom stereocenters. The number of ether oxygens (including phenoxy) is 1. The van der Waals surface area contributed by atoms with Crippen LogP contribution in [0.4, 0.5) is 8.78 Å². The third-order valence-electron chi connectivity index (χ3n) is 4.81. The number of aromatic nitrogens is 2. The highest BCUT2D eigenvalue weighted by atomic mass is 19.1. The summed E-state index contributed by atoms with van der Waals surface area (Å²) in [7, 11) is 0. The van der Waals surface area contributed by atoms with Crippen molar-refractivity contribution in [3.63, 3.8) is 0 Å². The van der Waals surface area contributed by atoms with Gasteiger partial charge in [-0.2, -0.15) is 0 Å².